The van der Waals surface area contributed by atoms with E-state index in [0.717, 1.165) is 26.9 Å². The number of hydrogen-bond acceptors (Lipinski definition) is 5. The number of piperidine rings is 1. The van der Waals surface area contributed by atoms with Gasteiger partial charge < -0.3 is 4.90 Å². The monoisotopic (exact) mass is 400 g/mol. The van der Waals surface area contributed by atoms with Crippen LogP contribution in [0, 0.1) is 13.8 Å². The number of nitrogens with zero attached hydrogens (tertiary/aromatic N) is 4. The van der Waals surface area contributed by atoms with Crippen molar-refractivity contribution in [2.45, 2.75) is 45.3 Å². The van der Waals surface area contributed by atoms with Gasteiger partial charge in [-0.25, -0.2) is 4.98 Å². The molecule has 0 spiro atoms. The molecule has 6 nitrogen and oxygen atoms in total. The number of rotatable bonds is 4. The predicted molar refractivity (Wildman–Crippen MR) is 92.8 cm³/mol. The topological polar surface area (TPSA) is 68.1 Å². The lowest BCUT2D eigenvalue weighted by atomic mass is 9.97. The molecule has 2 aromatic heterocycles. The molecule has 1 fully saturated rings. The standard InChI is InChI=1S/C17H19F3N4O2S/c1-10-7-14(17(18,19)20)22-24(10)8-15(26)23-5-3-12(4-6-23)16-21-13(9-25)11(2)27-16/h7,9,12H,3-6,8H2,1-2H3. The van der Waals surface area contributed by atoms with E-state index in [1.165, 1.54) is 18.3 Å². The van der Waals surface area contributed by atoms with Crippen molar-refractivity contribution in [3.8, 4) is 0 Å². The van der Waals surface area contributed by atoms with Crippen molar-refractivity contribution in [3.05, 3.63) is 33.0 Å². The van der Waals surface area contributed by atoms with Gasteiger partial charge in [0.2, 0.25) is 5.91 Å². The van der Waals surface area contributed by atoms with Crippen LogP contribution in [0.2, 0.25) is 0 Å². The summed E-state index contributed by atoms with van der Waals surface area (Å²) in [6, 6.07) is 0.939. The second-order valence-corrected chi connectivity index (χ2v) is 7.83. The molecule has 146 valence electrons. The molecule has 0 aromatic carbocycles. The molecule has 0 bridgehead atoms. The molecular weight excluding hydrogens is 381 g/mol. The minimum atomic E-state index is -4.52. The summed E-state index contributed by atoms with van der Waals surface area (Å²) in [5.74, 6) is -0.0630. The van der Waals surface area contributed by atoms with Crippen LogP contribution in [-0.4, -0.2) is 44.9 Å². The van der Waals surface area contributed by atoms with E-state index in [1.807, 2.05) is 6.92 Å². The van der Waals surface area contributed by atoms with E-state index < -0.39 is 11.9 Å². The van der Waals surface area contributed by atoms with Crippen molar-refractivity contribution in [2.24, 2.45) is 0 Å². The van der Waals surface area contributed by atoms with Crippen molar-refractivity contribution in [3.63, 3.8) is 0 Å². The third kappa shape index (κ3) is 4.20. The Morgan fingerprint density at radius 3 is 2.52 bits per heavy atom. The van der Waals surface area contributed by atoms with Crippen LogP contribution in [0.4, 0.5) is 13.2 Å². The fourth-order valence-electron chi connectivity index (χ4n) is 3.13. The van der Waals surface area contributed by atoms with Crippen LogP contribution in [0.5, 0.6) is 0 Å². The Kier molecular flexibility index (Phi) is 5.36. The van der Waals surface area contributed by atoms with Gasteiger partial charge in [0.25, 0.3) is 0 Å². The summed E-state index contributed by atoms with van der Waals surface area (Å²) in [7, 11) is 0. The Balaban J connectivity index is 1.60. The van der Waals surface area contributed by atoms with E-state index >= 15 is 0 Å². The van der Waals surface area contributed by atoms with E-state index in [2.05, 4.69) is 10.1 Å². The second kappa shape index (κ2) is 7.41. The van der Waals surface area contributed by atoms with Gasteiger partial charge in [0.1, 0.15) is 12.2 Å². The normalized spacial score (nSPS) is 16.0. The number of hydrogen-bond donors (Lipinski definition) is 0. The first-order valence-corrected chi connectivity index (χ1v) is 9.32. The highest BCUT2D eigenvalue weighted by Crippen LogP contribution is 2.32. The lowest BCUT2D eigenvalue weighted by Gasteiger charge is -2.31. The highest BCUT2D eigenvalue weighted by atomic mass is 32.1. The Labute approximate surface area is 158 Å². The maximum Gasteiger partial charge on any atom is 0.435 e. The van der Waals surface area contributed by atoms with Gasteiger partial charge in [-0.1, -0.05) is 0 Å². The molecule has 1 saturated heterocycles. The Bertz CT molecular complexity index is 851. The summed E-state index contributed by atoms with van der Waals surface area (Å²) in [4.78, 5) is 30.3. The maximum absolute atomic E-state index is 12.7. The number of aromatic nitrogens is 3. The molecular formula is C17H19F3N4O2S. The third-order valence-corrected chi connectivity index (χ3v) is 5.86. The van der Waals surface area contributed by atoms with E-state index in [1.54, 1.807) is 4.90 Å². The van der Waals surface area contributed by atoms with E-state index in [4.69, 9.17) is 0 Å². The first-order valence-electron chi connectivity index (χ1n) is 8.51. The molecule has 27 heavy (non-hydrogen) atoms. The number of aldehydes is 1. The molecule has 3 rings (SSSR count). The number of aryl methyl sites for hydroxylation is 2. The van der Waals surface area contributed by atoms with Crippen LogP contribution >= 0.6 is 11.3 Å². The molecule has 10 heteroatoms. The molecule has 3 heterocycles. The van der Waals surface area contributed by atoms with Crippen molar-refractivity contribution in [1.29, 1.82) is 0 Å². The molecule has 2 aromatic rings. The van der Waals surface area contributed by atoms with Gasteiger partial charge >= 0.3 is 6.18 Å². The third-order valence-electron chi connectivity index (χ3n) is 4.71. The summed E-state index contributed by atoms with van der Waals surface area (Å²) in [5.41, 5.74) is -0.232. The average Bonchev–Trinajstić information content (AvgIpc) is 3.17. The SMILES string of the molecule is Cc1sc(C2CCN(C(=O)Cn3nc(C(F)(F)F)cc3C)CC2)nc1C=O. The Hall–Kier alpha value is -2.23. The number of carbonyl (C=O) groups is 2. The quantitative estimate of drug-likeness (QED) is 0.740. The van der Waals surface area contributed by atoms with Crippen LogP contribution in [-0.2, 0) is 17.5 Å². The van der Waals surface area contributed by atoms with E-state index in [9.17, 15) is 22.8 Å². The lowest BCUT2D eigenvalue weighted by molar-refractivity contribution is -0.142. The lowest BCUT2D eigenvalue weighted by Crippen LogP contribution is -2.40. The zero-order valence-electron chi connectivity index (χ0n) is 14.9. The molecule has 0 radical (unpaired) electrons. The van der Waals surface area contributed by atoms with Gasteiger partial charge in [0.05, 0.1) is 5.01 Å². The van der Waals surface area contributed by atoms with Crippen LogP contribution in [0.15, 0.2) is 6.07 Å². The minimum absolute atomic E-state index is 0.190. The molecule has 0 aliphatic carbocycles. The molecule has 0 atom stereocenters. The fourth-order valence-corrected chi connectivity index (χ4v) is 4.18. The van der Waals surface area contributed by atoms with Gasteiger partial charge in [-0.2, -0.15) is 18.3 Å². The number of amides is 1. The largest absolute Gasteiger partial charge is 0.435 e. The van der Waals surface area contributed by atoms with Gasteiger partial charge in [-0.15, -0.1) is 11.3 Å². The minimum Gasteiger partial charge on any atom is -0.341 e. The molecule has 0 unspecified atom stereocenters. The van der Waals surface area contributed by atoms with Gasteiger partial charge in [0.15, 0.2) is 12.0 Å². The molecule has 0 N–H and O–H groups in total. The number of halogens is 3. The van der Waals surface area contributed by atoms with Crippen molar-refractivity contribution < 1.29 is 22.8 Å². The summed E-state index contributed by atoms with van der Waals surface area (Å²) in [5, 5.41) is 4.41. The maximum atomic E-state index is 12.7. The smallest absolute Gasteiger partial charge is 0.341 e. The summed E-state index contributed by atoms with van der Waals surface area (Å²) in [6.45, 7) is 4.15. The average molecular weight is 400 g/mol. The van der Waals surface area contributed by atoms with E-state index in [0.29, 0.717) is 37.3 Å². The number of alkyl halides is 3. The second-order valence-electron chi connectivity index (χ2n) is 6.59. The first-order chi connectivity index (χ1) is 12.7. The number of thiazole rings is 1. The van der Waals surface area contributed by atoms with Gasteiger partial charge in [-0.05, 0) is 32.8 Å². The van der Waals surface area contributed by atoms with Crippen molar-refractivity contribution in [1.82, 2.24) is 19.7 Å². The number of carbonyl (C=O) groups excluding carboxylic acids is 2. The van der Waals surface area contributed by atoms with Crippen LogP contribution in [0.25, 0.3) is 0 Å². The molecule has 1 amide bonds. The van der Waals surface area contributed by atoms with Gasteiger partial charge in [0, 0.05) is 29.6 Å². The molecule has 1 aliphatic heterocycles. The first kappa shape index (κ1) is 19.5. The fraction of sp³-hybridized carbons (Fsp3) is 0.529. The van der Waals surface area contributed by atoms with Crippen LogP contribution in [0.1, 0.15) is 50.5 Å². The Morgan fingerprint density at radius 2 is 2.00 bits per heavy atom. The zero-order valence-corrected chi connectivity index (χ0v) is 15.7. The van der Waals surface area contributed by atoms with Crippen LogP contribution in [0.3, 0.4) is 0 Å². The van der Waals surface area contributed by atoms with Gasteiger partial charge in [-0.3, -0.25) is 14.3 Å². The zero-order chi connectivity index (χ0) is 19.8. The van der Waals surface area contributed by atoms with Crippen molar-refractivity contribution in [2.75, 3.05) is 13.1 Å². The summed E-state index contributed by atoms with van der Waals surface area (Å²) >= 11 is 1.50. The predicted octanol–water partition coefficient (Wildman–Crippen LogP) is 3.19. The highest BCUT2D eigenvalue weighted by molar-refractivity contribution is 7.11. The highest BCUT2D eigenvalue weighted by Gasteiger charge is 2.35. The Morgan fingerprint density at radius 1 is 1.33 bits per heavy atom. The summed E-state index contributed by atoms with van der Waals surface area (Å²) in [6.07, 6.45) is -2.36. The van der Waals surface area contributed by atoms with E-state index in [-0.39, 0.29) is 18.4 Å². The van der Waals surface area contributed by atoms with Crippen molar-refractivity contribution >= 4 is 23.5 Å². The van der Waals surface area contributed by atoms with Crippen LogP contribution < -0.4 is 0 Å². The summed E-state index contributed by atoms with van der Waals surface area (Å²) < 4.78 is 39.3. The molecule has 1 aliphatic rings. The number of likely N-dealkylation sites (tertiary alicyclic amines) is 1. The molecule has 0 saturated carbocycles.